The third kappa shape index (κ3) is 4.22. The Bertz CT molecular complexity index is 1040. The quantitative estimate of drug-likeness (QED) is 0.665. The van der Waals surface area contributed by atoms with E-state index < -0.39 is 18.5 Å². The van der Waals surface area contributed by atoms with Gasteiger partial charge in [-0.25, -0.2) is 4.79 Å². The third-order valence-corrected chi connectivity index (χ3v) is 3.87. The monoisotopic (exact) mass is 390 g/mol. The van der Waals surface area contributed by atoms with E-state index in [1.165, 1.54) is 18.2 Å². The van der Waals surface area contributed by atoms with E-state index in [0.717, 1.165) is 6.07 Å². The number of esters is 1. The van der Waals surface area contributed by atoms with Crippen molar-refractivity contribution in [3.63, 3.8) is 0 Å². The van der Waals surface area contributed by atoms with Crippen LogP contribution in [-0.2, 0) is 9.53 Å². The number of carbonyl (C=O) groups excluding carboxylic acids is 2. The summed E-state index contributed by atoms with van der Waals surface area (Å²) in [5, 5.41) is 3.69. The van der Waals surface area contributed by atoms with Crippen LogP contribution in [0.2, 0.25) is 10.0 Å². The lowest BCUT2D eigenvalue weighted by Crippen LogP contribution is -2.22. The summed E-state index contributed by atoms with van der Waals surface area (Å²) in [7, 11) is 0. The van der Waals surface area contributed by atoms with Gasteiger partial charge in [-0.3, -0.25) is 9.59 Å². The Balaban J connectivity index is 1.67. The molecule has 2 N–H and O–H groups in total. The maximum atomic E-state index is 12.1. The number of carbonyl (C=O) groups is 2. The number of amides is 1. The Hall–Kier alpha value is -2.83. The highest BCUT2D eigenvalue weighted by molar-refractivity contribution is 6.35. The lowest BCUT2D eigenvalue weighted by Gasteiger charge is -2.08. The number of hydrogen-bond acceptors (Lipinski definition) is 4. The average Bonchev–Trinajstić information content (AvgIpc) is 2.58. The highest BCUT2D eigenvalue weighted by Crippen LogP contribution is 2.22. The lowest BCUT2D eigenvalue weighted by atomic mass is 10.2. The molecule has 1 amide bonds. The third-order valence-electron chi connectivity index (χ3n) is 3.44. The minimum absolute atomic E-state index is 0.0349. The molecule has 0 saturated heterocycles. The number of hydrogen-bond donors (Lipinski definition) is 2. The second-order valence-electron chi connectivity index (χ2n) is 5.38. The number of benzene rings is 2. The van der Waals surface area contributed by atoms with Crippen LogP contribution < -0.4 is 10.7 Å². The predicted molar refractivity (Wildman–Crippen MR) is 99.9 cm³/mol. The molecule has 1 aromatic heterocycles. The summed E-state index contributed by atoms with van der Waals surface area (Å²) in [6, 6.07) is 12.4. The van der Waals surface area contributed by atoms with E-state index in [1.54, 1.807) is 24.3 Å². The van der Waals surface area contributed by atoms with Gasteiger partial charge < -0.3 is 15.0 Å². The van der Waals surface area contributed by atoms with Crippen molar-refractivity contribution < 1.29 is 14.3 Å². The van der Waals surface area contributed by atoms with Gasteiger partial charge in [-0.05, 0) is 30.3 Å². The topological polar surface area (TPSA) is 88.3 Å². The molecule has 0 aliphatic rings. The van der Waals surface area contributed by atoms with Crippen LogP contribution in [0.1, 0.15) is 10.5 Å². The summed E-state index contributed by atoms with van der Waals surface area (Å²) in [5.74, 6) is -1.38. The molecule has 132 valence electrons. The Kier molecular flexibility index (Phi) is 5.25. The van der Waals surface area contributed by atoms with E-state index in [1.807, 2.05) is 0 Å². The van der Waals surface area contributed by atoms with Crippen LogP contribution in [0.5, 0.6) is 0 Å². The van der Waals surface area contributed by atoms with Crippen molar-refractivity contribution in [1.82, 2.24) is 4.98 Å². The molecule has 3 rings (SSSR count). The molecule has 0 saturated carbocycles. The summed E-state index contributed by atoms with van der Waals surface area (Å²) in [6.07, 6.45) is 0. The zero-order chi connectivity index (χ0) is 18.7. The van der Waals surface area contributed by atoms with Gasteiger partial charge in [0.1, 0.15) is 5.69 Å². The Morgan fingerprint density at radius 2 is 1.73 bits per heavy atom. The van der Waals surface area contributed by atoms with Crippen molar-refractivity contribution in [2.45, 2.75) is 0 Å². The largest absolute Gasteiger partial charge is 0.451 e. The van der Waals surface area contributed by atoms with Gasteiger partial charge in [0.25, 0.3) is 5.91 Å². The number of halogens is 2. The molecule has 0 atom stereocenters. The molecule has 6 nitrogen and oxygen atoms in total. The van der Waals surface area contributed by atoms with E-state index in [-0.39, 0.29) is 11.1 Å². The second kappa shape index (κ2) is 7.59. The van der Waals surface area contributed by atoms with E-state index in [4.69, 9.17) is 27.9 Å². The number of anilines is 1. The van der Waals surface area contributed by atoms with Gasteiger partial charge in [-0.1, -0.05) is 35.3 Å². The summed E-state index contributed by atoms with van der Waals surface area (Å²) >= 11 is 11.7. The van der Waals surface area contributed by atoms with Gasteiger partial charge in [0.15, 0.2) is 12.0 Å². The lowest BCUT2D eigenvalue weighted by molar-refractivity contribution is -0.119. The van der Waals surface area contributed by atoms with Crippen molar-refractivity contribution >= 4 is 51.7 Å². The van der Waals surface area contributed by atoms with Crippen LogP contribution in [0.25, 0.3) is 10.9 Å². The summed E-state index contributed by atoms with van der Waals surface area (Å²) < 4.78 is 4.94. The minimum Gasteiger partial charge on any atom is -0.451 e. The average molecular weight is 391 g/mol. The molecule has 0 radical (unpaired) electrons. The first-order valence-electron chi connectivity index (χ1n) is 7.47. The standard InChI is InChI=1S/C18H12Cl2N2O4/c19-10-5-11(20)7-12(6-10)21-17(24)9-26-18(25)15-8-16(23)13-3-1-2-4-14(13)22-15/h1-8H,9H2,(H,21,24)(H,22,23). The molecule has 0 fully saturated rings. The van der Waals surface area contributed by atoms with Crippen LogP contribution in [0.4, 0.5) is 5.69 Å². The van der Waals surface area contributed by atoms with Crippen molar-refractivity contribution in [2.24, 2.45) is 0 Å². The zero-order valence-corrected chi connectivity index (χ0v) is 14.7. The number of rotatable bonds is 4. The molecule has 26 heavy (non-hydrogen) atoms. The maximum Gasteiger partial charge on any atom is 0.355 e. The molecular formula is C18H12Cl2N2O4. The van der Waals surface area contributed by atoms with Crippen molar-refractivity contribution in [3.8, 4) is 0 Å². The van der Waals surface area contributed by atoms with Crippen molar-refractivity contribution in [1.29, 1.82) is 0 Å². The number of ether oxygens (including phenoxy) is 1. The molecule has 0 aliphatic carbocycles. The molecular weight excluding hydrogens is 379 g/mol. The number of aromatic amines is 1. The van der Waals surface area contributed by atoms with Crippen molar-refractivity contribution in [3.05, 3.63) is 74.5 Å². The van der Waals surface area contributed by atoms with E-state index >= 15 is 0 Å². The number of H-pyrrole nitrogens is 1. The first-order valence-corrected chi connectivity index (χ1v) is 8.23. The summed E-state index contributed by atoms with van der Waals surface area (Å²) in [6.45, 7) is -0.530. The molecule has 0 spiro atoms. The van der Waals surface area contributed by atoms with Crippen LogP contribution in [-0.4, -0.2) is 23.5 Å². The van der Waals surface area contributed by atoms with Gasteiger partial charge in [0, 0.05) is 32.7 Å². The molecule has 3 aromatic rings. The van der Waals surface area contributed by atoms with Gasteiger partial charge in [-0.2, -0.15) is 0 Å². The van der Waals surface area contributed by atoms with Gasteiger partial charge in [-0.15, -0.1) is 0 Å². The Labute approximate surface area is 157 Å². The van der Waals surface area contributed by atoms with Crippen LogP contribution in [0.3, 0.4) is 0 Å². The minimum atomic E-state index is -0.813. The highest BCUT2D eigenvalue weighted by atomic mass is 35.5. The van der Waals surface area contributed by atoms with Crippen LogP contribution in [0, 0.1) is 0 Å². The number of pyridine rings is 1. The molecule has 0 unspecified atom stereocenters. The summed E-state index contributed by atoms with van der Waals surface area (Å²) in [5.41, 5.74) is 0.532. The number of nitrogens with one attached hydrogen (secondary N) is 2. The SMILES string of the molecule is O=C(COC(=O)c1cc(=O)c2ccccc2[nH]1)Nc1cc(Cl)cc(Cl)c1. The smallest absolute Gasteiger partial charge is 0.355 e. The molecule has 0 aliphatic heterocycles. The highest BCUT2D eigenvalue weighted by Gasteiger charge is 2.13. The van der Waals surface area contributed by atoms with E-state index in [0.29, 0.717) is 26.6 Å². The Morgan fingerprint density at radius 3 is 2.46 bits per heavy atom. The van der Waals surface area contributed by atoms with Gasteiger partial charge in [0.05, 0.1) is 0 Å². The van der Waals surface area contributed by atoms with Gasteiger partial charge in [0.2, 0.25) is 0 Å². The fourth-order valence-electron chi connectivity index (χ4n) is 2.34. The fraction of sp³-hybridized carbons (Fsp3) is 0.0556. The molecule has 2 aromatic carbocycles. The first kappa shape index (κ1) is 18.0. The first-order chi connectivity index (χ1) is 12.4. The summed E-state index contributed by atoms with van der Waals surface area (Å²) in [4.78, 5) is 38.8. The Morgan fingerprint density at radius 1 is 1.04 bits per heavy atom. The van der Waals surface area contributed by atoms with Crippen molar-refractivity contribution in [2.75, 3.05) is 11.9 Å². The molecule has 0 bridgehead atoms. The zero-order valence-electron chi connectivity index (χ0n) is 13.2. The fourth-order valence-corrected chi connectivity index (χ4v) is 2.86. The second-order valence-corrected chi connectivity index (χ2v) is 6.25. The molecule has 1 heterocycles. The number of para-hydroxylation sites is 1. The van der Waals surface area contributed by atoms with E-state index in [2.05, 4.69) is 10.3 Å². The predicted octanol–water partition coefficient (Wildman–Crippen LogP) is 3.63. The van der Waals surface area contributed by atoms with E-state index in [9.17, 15) is 14.4 Å². The van der Waals surface area contributed by atoms with Crippen LogP contribution in [0.15, 0.2) is 53.3 Å². The van der Waals surface area contributed by atoms with Crippen LogP contribution >= 0.6 is 23.2 Å². The maximum absolute atomic E-state index is 12.1. The number of fused-ring (bicyclic) bond motifs is 1. The number of aromatic nitrogens is 1. The normalized spacial score (nSPS) is 10.5. The molecule has 8 heteroatoms. The van der Waals surface area contributed by atoms with Gasteiger partial charge >= 0.3 is 5.97 Å².